The highest BCUT2D eigenvalue weighted by atomic mass is 32.1. The van der Waals surface area contributed by atoms with Crippen molar-refractivity contribution in [3.8, 4) is 0 Å². The van der Waals surface area contributed by atoms with Crippen LogP contribution in [0.2, 0.25) is 0 Å². The van der Waals surface area contributed by atoms with Gasteiger partial charge in [0.15, 0.2) is 0 Å². The molecule has 0 aliphatic carbocycles. The summed E-state index contributed by atoms with van der Waals surface area (Å²) < 4.78 is 12.7. The van der Waals surface area contributed by atoms with Gasteiger partial charge in [-0.3, -0.25) is 4.68 Å². The number of aryl methyl sites for hydroxylation is 2. The minimum atomic E-state index is 0.369. The van der Waals surface area contributed by atoms with Gasteiger partial charge in [-0.05, 0) is 20.8 Å². The molecule has 1 rings (SSSR count). The molecule has 0 atom stereocenters. The van der Waals surface area contributed by atoms with Crippen LogP contribution in [0.5, 0.6) is 0 Å². The van der Waals surface area contributed by atoms with Crippen molar-refractivity contribution in [3.63, 3.8) is 0 Å². The lowest BCUT2D eigenvalue weighted by molar-refractivity contribution is 0.141. The van der Waals surface area contributed by atoms with Crippen LogP contribution in [0.1, 0.15) is 25.1 Å². The highest BCUT2D eigenvalue weighted by Crippen LogP contribution is 2.23. The summed E-state index contributed by atoms with van der Waals surface area (Å²) in [5, 5.41) is 4.44. The summed E-state index contributed by atoms with van der Waals surface area (Å²) in [4.78, 5) is 2.54. The second-order valence-electron chi connectivity index (χ2n) is 4.65. The van der Waals surface area contributed by atoms with E-state index in [0.717, 1.165) is 30.2 Å². The maximum atomic E-state index is 5.87. The second-order valence-corrected chi connectivity index (χ2v) is 5.09. The summed E-state index contributed by atoms with van der Waals surface area (Å²) in [5.74, 6) is 0.930. The predicted octanol–water partition coefficient (Wildman–Crippen LogP) is 1.24. The minimum Gasteiger partial charge on any atom is -0.389 e. The number of ether oxygens (including phenoxy) is 2. The Morgan fingerprint density at radius 2 is 1.76 bits per heavy atom. The number of hydrogen-bond acceptors (Lipinski definition) is 5. The third-order valence-electron chi connectivity index (χ3n) is 3.16. The predicted molar refractivity (Wildman–Crippen MR) is 89.0 cm³/mol. The maximum Gasteiger partial charge on any atom is 0.137 e. The number of hydrogen-bond donors (Lipinski definition) is 1. The molecule has 0 bridgehead atoms. The summed E-state index contributed by atoms with van der Waals surface area (Å²) in [6.07, 6.45) is 0. The monoisotopic (exact) mass is 314 g/mol. The molecule has 7 heteroatoms. The van der Waals surface area contributed by atoms with Gasteiger partial charge in [0.2, 0.25) is 0 Å². The average molecular weight is 314 g/mol. The molecular formula is C14H26N4O2S. The van der Waals surface area contributed by atoms with E-state index in [0.29, 0.717) is 31.4 Å². The van der Waals surface area contributed by atoms with Crippen LogP contribution in [0.3, 0.4) is 0 Å². The van der Waals surface area contributed by atoms with Crippen LogP contribution in [-0.4, -0.2) is 54.3 Å². The van der Waals surface area contributed by atoms with Crippen molar-refractivity contribution >= 4 is 23.0 Å². The van der Waals surface area contributed by atoms with Gasteiger partial charge in [-0.15, -0.1) is 0 Å². The molecule has 0 aromatic carbocycles. The Morgan fingerprint density at radius 3 is 2.19 bits per heavy atom. The first kappa shape index (κ1) is 17.9. The summed E-state index contributed by atoms with van der Waals surface area (Å²) in [6.45, 7) is 10.1. The van der Waals surface area contributed by atoms with E-state index in [1.165, 1.54) is 0 Å². The number of nitrogens with zero attached hydrogens (tertiary/aromatic N) is 3. The fourth-order valence-electron chi connectivity index (χ4n) is 2.26. The largest absolute Gasteiger partial charge is 0.389 e. The Bertz CT molecular complexity index is 452. The lowest BCUT2D eigenvalue weighted by atomic mass is 10.2. The fraction of sp³-hybridized carbons (Fsp3) is 0.714. The molecule has 1 aromatic rings. The molecule has 0 spiro atoms. The van der Waals surface area contributed by atoms with Crippen molar-refractivity contribution in [1.29, 1.82) is 0 Å². The number of anilines is 1. The highest BCUT2D eigenvalue weighted by Gasteiger charge is 2.21. The molecule has 0 saturated heterocycles. The van der Waals surface area contributed by atoms with Crippen LogP contribution in [0.4, 0.5) is 5.82 Å². The molecule has 0 unspecified atom stereocenters. The molecule has 1 aromatic heterocycles. The zero-order valence-corrected chi connectivity index (χ0v) is 14.2. The van der Waals surface area contributed by atoms with E-state index >= 15 is 0 Å². The third-order valence-corrected chi connectivity index (χ3v) is 3.36. The first-order valence-electron chi connectivity index (χ1n) is 7.26. The molecular weight excluding hydrogens is 288 g/mol. The van der Waals surface area contributed by atoms with Gasteiger partial charge in [0.05, 0.1) is 24.5 Å². The number of rotatable bonds is 10. The number of aromatic nitrogens is 2. The Labute approximate surface area is 132 Å². The molecule has 0 aliphatic heterocycles. The summed E-state index contributed by atoms with van der Waals surface area (Å²) >= 11 is 5.18. The van der Waals surface area contributed by atoms with E-state index in [1.54, 1.807) is 0 Å². The van der Waals surface area contributed by atoms with Crippen LogP contribution < -0.4 is 10.6 Å². The molecule has 21 heavy (non-hydrogen) atoms. The zero-order chi connectivity index (χ0) is 15.8. The Morgan fingerprint density at radius 1 is 1.24 bits per heavy atom. The molecule has 2 N–H and O–H groups in total. The summed E-state index contributed by atoms with van der Waals surface area (Å²) in [5.41, 5.74) is 7.54. The molecule has 0 radical (unpaired) electrons. The molecule has 0 amide bonds. The van der Waals surface area contributed by atoms with Crippen LogP contribution in [0, 0.1) is 6.92 Å². The van der Waals surface area contributed by atoms with Gasteiger partial charge >= 0.3 is 0 Å². The van der Waals surface area contributed by atoms with Crippen molar-refractivity contribution in [3.05, 3.63) is 11.3 Å². The van der Waals surface area contributed by atoms with Crippen molar-refractivity contribution in [2.24, 2.45) is 12.8 Å². The van der Waals surface area contributed by atoms with Gasteiger partial charge in [-0.25, -0.2) is 0 Å². The van der Waals surface area contributed by atoms with E-state index in [-0.39, 0.29) is 0 Å². The maximum absolute atomic E-state index is 5.87. The van der Waals surface area contributed by atoms with E-state index in [9.17, 15) is 0 Å². The van der Waals surface area contributed by atoms with E-state index in [4.69, 9.17) is 27.4 Å². The second kappa shape index (κ2) is 8.96. The molecule has 0 fully saturated rings. The topological polar surface area (TPSA) is 65.5 Å². The van der Waals surface area contributed by atoms with Crippen molar-refractivity contribution in [1.82, 2.24) is 9.78 Å². The summed E-state index contributed by atoms with van der Waals surface area (Å²) in [6, 6.07) is 0. The SMILES string of the molecule is CCOCCN(CCOCC)c1c(C(N)=S)c(C)nn1C. The lowest BCUT2D eigenvalue weighted by Crippen LogP contribution is -2.34. The van der Waals surface area contributed by atoms with Gasteiger partial charge in [0.25, 0.3) is 0 Å². The number of thiocarbonyl (C=S) groups is 1. The zero-order valence-electron chi connectivity index (χ0n) is 13.4. The Balaban J connectivity index is 2.97. The van der Waals surface area contributed by atoms with E-state index in [2.05, 4.69) is 10.00 Å². The first-order valence-corrected chi connectivity index (χ1v) is 7.67. The molecule has 6 nitrogen and oxygen atoms in total. The third kappa shape index (κ3) is 4.94. The van der Waals surface area contributed by atoms with Gasteiger partial charge in [-0.2, -0.15) is 5.10 Å². The lowest BCUT2D eigenvalue weighted by Gasteiger charge is -2.25. The van der Waals surface area contributed by atoms with Gasteiger partial charge < -0.3 is 20.1 Å². The quantitative estimate of drug-likeness (QED) is 0.518. The summed E-state index contributed by atoms with van der Waals surface area (Å²) in [7, 11) is 1.90. The Hall–Kier alpha value is -1.18. The molecule has 0 saturated carbocycles. The first-order chi connectivity index (χ1) is 10.0. The average Bonchev–Trinajstić information content (AvgIpc) is 2.72. The van der Waals surface area contributed by atoms with Crippen LogP contribution in [0.15, 0.2) is 0 Å². The van der Waals surface area contributed by atoms with Crippen molar-refractivity contribution in [2.45, 2.75) is 20.8 Å². The van der Waals surface area contributed by atoms with Crippen molar-refractivity contribution in [2.75, 3.05) is 44.4 Å². The van der Waals surface area contributed by atoms with Gasteiger partial charge in [0, 0.05) is 33.4 Å². The molecule has 1 heterocycles. The van der Waals surface area contributed by atoms with E-state index in [1.807, 2.05) is 32.5 Å². The van der Waals surface area contributed by atoms with E-state index < -0.39 is 0 Å². The van der Waals surface area contributed by atoms with Crippen LogP contribution in [-0.2, 0) is 16.5 Å². The van der Waals surface area contributed by atoms with Crippen LogP contribution in [0.25, 0.3) is 0 Å². The van der Waals surface area contributed by atoms with Gasteiger partial charge in [-0.1, -0.05) is 12.2 Å². The normalized spacial score (nSPS) is 10.9. The minimum absolute atomic E-state index is 0.369. The highest BCUT2D eigenvalue weighted by molar-refractivity contribution is 7.80. The van der Waals surface area contributed by atoms with Gasteiger partial charge in [0.1, 0.15) is 10.8 Å². The number of nitrogens with two attached hydrogens (primary N) is 1. The molecule has 0 aliphatic rings. The van der Waals surface area contributed by atoms with Crippen molar-refractivity contribution < 1.29 is 9.47 Å². The Kier molecular flexibility index (Phi) is 7.63. The van der Waals surface area contributed by atoms with Crippen LogP contribution >= 0.6 is 12.2 Å². The molecule has 120 valence electrons. The fourth-order valence-corrected chi connectivity index (χ4v) is 2.50. The standard InChI is InChI=1S/C14H26N4O2S/c1-5-19-9-7-18(8-10-20-6-2)14-12(13(15)21)11(3)16-17(14)4/h5-10H2,1-4H3,(H2,15,21). The smallest absolute Gasteiger partial charge is 0.137 e.